The van der Waals surface area contributed by atoms with Crippen molar-refractivity contribution < 1.29 is 9.21 Å². The Hall–Kier alpha value is -2.95. The van der Waals surface area contributed by atoms with Crippen LogP contribution in [0.2, 0.25) is 0 Å². The molecule has 0 spiro atoms. The fourth-order valence-corrected chi connectivity index (χ4v) is 2.19. The van der Waals surface area contributed by atoms with Crippen molar-refractivity contribution in [3.63, 3.8) is 0 Å². The van der Waals surface area contributed by atoms with Gasteiger partial charge in [0, 0.05) is 24.4 Å². The molecule has 0 aliphatic heterocycles. The van der Waals surface area contributed by atoms with E-state index in [0.717, 1.165) is 11.1 Å². The number of nitrogens with zero attached hydrogens (tertiary/aromatic N) is 2. The zero-order valence-electron chi connectivity index (χ0n) is 12.6. The van der Waals surface area contributed by atoms with E-state index in [0.29, 0.717) is 31.0 Å². The second kappa shape index (κ2) is 7.35. The molecule has 23 heavy (non-hydrogen) atoms. The first-order valence-corrected chi connectivity index (χ1v) is 7.47. The second-order valence-electron chi connectivity index (χ2n) is 5.12. The average molecular weight is 307 g/mol. The van der Waals surface area contributed by atoms with Crippen LogP contribution >= 0.6 is 0 Å². The van der Waals surface area contributed by atoms with E-state index >= 15 is 0 Å². The number of hydrogen-bond acceptors (Lipinski definition) is 4. The van der Waals surface area contributed by atoms with Gasteiger partial charge in [0.15, 0.2) is 5.76 Å². The lowest BCUT2D eigenvalue weighted by Crippen LogP contribution is -2.23. The Morgan fingerprint density at radius 3 is 2.74 bits per heavy atom. The predicted octanol–water partition coefficient (Wildman–Crippen LogP) is 2.99. The Morgan fingerprint density at radius 2 is 1.96 bits per heavy atom. The molecular weight excluding hydrogens is 290 g/mol. The zero-order chi connectivity index (χ0) is 15.9. The Labute approximate surface area is 134 Å². The molecule has 5 nitrogen and oxygen atoms in total. The van der Waals surface area contributed by atoms with Crippen molar-refractivity contribution in [1.29, 1.82) is 0 Å². The highest BCUT2D eigenvalue weighted by molar-refractivity contribution is 5.76. The number of rotatable bonds is 6. The third-order valence-electron chi connectivity index (χ3n) is 3.41. The third-order valence-corrected chi connectivity index (χ3v) is 3.41. The smallest absolute Gasteiger partial charge is 0.220 e. The van der Waals surface area contributed by atoms with Crippen LogP contribution in [0.3, 0.4) is 0 Å². The maximum Gasteiger partial charge on any atom is 0.220 e. The maximum atomic E-state index is 11.9. The van der Waals surface area contributed by atoms with E-state index in [9.17, 15) is 4.79 Å². The fourth-order valence-electron chi connectivity index (χ4n) is 2.19. The summed E-state index contributed by atoms with van der Waals surface area (Å²) in [5.41, 5.74) is 2.01. The van der Waals surface area contributed by atoms with E-state index in [1.54, 1.807) is 18.6 Å². The highest BCUT2D eigenvalue weighted by Gasteiger charge is 2.08. The standard InChI is InChI=1S/C18H17N3O2/c22-17(9-8-14-5-4-10-19-11-14)20-13-18-21-12-16(23-18)15-6-2-1-3-7-15/h1-7,10-12H,8-9,13H2,(H,20,22). The van der Waals surface area contributed by atoms with Gasteiger partial charge >= 0.3 is 0 Å². The second-order valence-corrected chi connectivity index (χ2v) is 5.12. The molecule has 3 rings (SSSR count). The molecule has 0 radical (unpaired) electrons. The van der Waals surface area contributed by atoms with Gasteiger partial charge in [0.1, 0.15) is 0 Å². The molecule has 5 heteroatoms. The Morgan fingerprint density at radius 1 is 1.09 bits per heavy atom. The number of carbonyl (C=O) groups is 1. The highest BCUT2D eigenvalue weighted by atomic mass is 16.4. The topological polar surface area (TPSA) is 68.0 Å². The van der Waals surface area contributed by atoms with Crippen molar-refractivity contribution in [2.24, 2.45) is 0 Å². The highest BCUT2D eigenvalue weighted by Crippen LogP contribution is 2.19. The number of benzene rings is 1. The summed E-state index contributed by atoms with van der Waals surface area (Å²) in [7, 11) is 0. The molecule has 1 amide bonds. The molecule has 3 aromatic rings. The van der Waals surface area contributed by atoms with E-state index in [4.69, 9.17) is 4.42 Å². The molecule has 0 atom stereocenters. The minimum atomic E-state index is -0.0340. The zero-order valence-corrected chi connectivity index (χ0v) is 12.6. The fraction of sp³-hybridized carbons (Fsp3) is 0.167. The van der Waals surface area contributed by atoms with Gasteiger partial charge in [0.25, 0.3) is 0 Å². The summed E-state index contributed by atoms with van der Waals surface area (Å²) in [4.78, 5) is 20.1. The molecule has 0 unspecified atom stereocenters. The first-order valence-electron chi connectivity index (χ1n) is 7.47. The minimum Gasteiger partial charge on any atom is -0.439 e. The van der Waals surface area contributed by atoms with Crippen molar-refractivity contribution in [2.75, 3.05) is 0 Å². The van der Waals surface area contributed by atoms with Crippen molar-refractivity contribution in [1.82, 2.24) is 15.3 Å². The molecule has 1 N–H and O–H groups in total. The molecular formula is C18H17N3O2. The number of oxazole rings is 1. The van der Waals surface area contributed by atoms with Crippen LogP contribution in [-0.4, -0.2) is 15.9 Å². The van der Waals surface area contributed by atoms with Gasteiger partial charge in [-0.15, -0.1) is 0 Å². The lowest BCUT2D eigenvalue weighted by Gasteiger charge is -2.03. The van der Waals surface area contributed by atoms with E-state index in [1.165, 1.54) is 0 Å². The summed E-state index contributed by atoms with van der Waals surface area (Å²) in [5.74, 6) is 1.16. The van der Waals surface area contributed by atoms with Crippen LogP contribution in [0.25, 0.3) is 11.3 Å². The number of pyridine rings is 1. The van der Waals surface area contributed by atoms with Crippen molar-refractivity contribution in [3.8, 4) is 11.3 Å². The van der Waals surface area contributed by atoms with Gasteiger partial charge in [-0.25, -0.2) is 4.98 Å². The summed E-state index contributed by atoms with van der Waals surface area (Å²) in [6, 6.07) is 13.6. The maximum absolute atomic E-state index is 11.9. The number of nitrogens with one attached hydrogen (secondary N) is 1. The number of aryl methyl sites for hydroxylation is 1. The minimum absolute atomic E-state index is 0.0340. The van der Waals surface area contributed by atoms with Gasteiger partial charge in [0.2, 0.25) is 11.8 Å². The van der Waals surface area contributed by atoms with Crippen LogP contribution < -0.4 is 5.32 Å². The number of amides is 1. The van der Waals surface area contributed by atoms with Crippen LogP contribution in [-0.2, 0) is 17.8 Å². The quantitative estimate of drug-likeness (QED) is 0.760. The van der Waals surface area contributed by atoms with Crippen LogP contribution in [0.1, 0.15) is 17.9 Å². The molecule has 0 fully saturated rings. The van der Waals surface area contributed by atoms with Gasteiger partial charge in [0.05, 0.1) is 12.7 Å². The third kappa shape index (κ3) is 4.26. The molecule has 0 aliphatic carbocycles. The normalized spacial score (nSPS) is 10.4. The van der Waals surface area contributed by atoms with Crippen LogP contribution in [0, 0.1) is 0 Å². The van der Waals surface area contributed by atoms with Gasteiger partial charge in [-0.05, 0) is 18.1 Å². The summed E-state index contributed by atoms with van der Waals surface area (Å²) >= 11 is 0. The van der Waals surface area contributed by atoms with E-state index < -0.39 is 0 Å². The lowest BCUT2D eigenvalue weighted by atomic mass is 10.1. The summed E-state index contributed by atoms with van der Waals surface area (Å²) in [6.07, 6.45) is 6.24. The van der Waals surface area contributed by atoms with Gasteiger partial charge in [-0.2, -0.15) is 0 Å². The molecule has 0 saturated heterocycles. The van der Waals surface area contributed by atoms with E-state index in [1.807, 2.05) is 42.5 Å². The van der Waals surface area contributed by atoms with Crippen molar-refractivity contribution in [3.05, 3.63) is 72.5 Å². The summed E-state index contributed by atoms with van der Waals surface area (Å²) < 4.78 is 5.65. The van der Waals surface area contributed by atoms with Crippen molar-refractivity contribution >= 4 is 5.91 Å². The van der Waals surface area contributed by atoms with Crippen LogP contribution in [0.5, 0.6) is 0 Å². The van der Waals surface area contributed by atoms with E-state index in [-0.39, 0.29) is 5.91 Å². The number of hydrogen-bond donors (Lipinski definition) is 1. The van der Waals surface area contributed by atoms with Gasteiger partial charge in [-0.3, -0.25) is 9.78 Å². The summed E-state index contributed by atoms with van der Waals surface area (Å²) in [6.45, 7) is 0.290. The Balaban J connectivity index is 1.49. The van der Waals surface area contributed by atoms with Crippen LogP contribution in [0.15, 0.2) is 65.5 Å². The average Bonchev–Trinajstić information content (AvgIpc) is 3.09. The number of carbonyl (C=O) groups excluding carboxylic acids is 1. The molecule has 1 aromatic carbocycles. The van der Waals surface area contributed by atoms with Gasteiger partial charge < -0.3 is 9.73 Å². The largest absolute Gasteiger partial charge is 0.439 e. The summed E-state index contributed by atoms with van der Waals surface area (Å²) in [5, 5.41) is 2.82. The first kappa shape index (κ1) is 15.0. The monoisotopic (exact) mass is 307 g/mol. The van der Waals surface area contributed by atoms with E-state index in [2.05, 4.69) is 15.3 Å². The molecule has 2 aromatic heterocycles. The predicted molar refractivity (Wildman–Crippen MR) is 86.3 cm³/mol. The molecule has 0 bridgehead atoms. The molecule has 0 aliphatic rings. The van der Waals surface area contributed by atoms with Crippen LogP contribution in [0.4, 0.5) is 0 Å². The number of aromatic nitrogens is 2. The Kier molecular flexibility index (Phi) is 4.79. The first-order chi connectivity index (χ1) is 11.3. The molecule has 0 saturated carbocycles. The molecule has 2 heterocycles. The van der Waals surface area contributed by atoms with Gasteiger partial charge in [-0.1, -0.05) is 36.4 Å². The van der Waals surface area contributed by atoms with Crippen molar-refractivity contribution in [2.45, 2.75) is 19.4 Å². The SMILES string of the molecule is O=C(CCc1cccnc1)NCc1ncc(-c2ccccc2)o1. The lowest BCUT2D eigenvalue weighted by molar-refractivity contribution is -0.121. The Bertz CT molecular complexity index is 754. The molecule has 116 valence electrons.